The minimum absolute atomic E-state index is 0.0890. The van der Waals surface area contributed by atoms with Crippen LogP contribution >= 0.6 is 24.4 Å². The predicted octanol–water partition coefficient (Wildman–Crippen LogP) is 6.01. The first-order chi connectivity index (χ1) is 10.8. The van der Waals surface area contributed by atoms with Gasteiger partial charge in [-0.3, -0.25) is 4.57 Å². The lowest BCUT2D eigenvalue weighted by Crippen LogP contribution is -2.05. The van der Waals surface area contributed by atoms with Gasteiger partial charge in [0, 0.05) is 0 Å². The van der Waals surface area contributed by atoms with Gasteiger partial charge in [-0.1, -0.05) is 23.8 Å². The summed E-state index contributed by atoms with van der Waals surface area (Å²) in [6, 6.07) is 10.1. The predicted molar refractivity (Wildman–Crippen MR) is 86.9 cm³/mol. The minimum atomic E-state index is -4.39. The number of nitrogens with zero attached hydrogens (tertiary/aromatic N) is 1. The fourth-order valence-corrected chi connectivity index (χ4v) is 2.96. The van der Waals surface area contributed by atoms with Crippen molar-refractivity contribution < 1.29 is 17.6 Å². The summed E-state index contributed by atoms with van der Waals surface area (Å²) in [5.74, 6) is 0. The molecule has 0 spiro atoms. The Balaban J connectivity index is 2.24. The number of halogens is 3. The van der Waals surface area contributed by atoms with Gasteiger partial charge < -0.3 is 4.42 Å². The Morgan fingerprint density at radius 1 is 1.00 bits per heavy atom. The molecule has 23 heavy (non-hydrogen) atoms. The molecule has 0 N–H and O–H groups in total. The van der Waals surface area contributed by atoms with Gasteiger partial charge in [0.25, 0.3) is 4.84 Å². The molecule has 0 saturated heterocycles. The molecule has 0 aliphatic rings. The summed E-state index contributed by atoms with van der Waals surface area (Å²) in [6.45, 7) is 1.91. The van der Waals surface area contributed by atoms with E-state index in [1.807, 2.05) is 19.1 Å². The highest BCUT2D eigenvalue weighted by atomic mass is 32.1. The first-order valence-corrected chi connectivity index (χ1v) is 7.43. The third-order valence-corrected chi connectivity index (χ3v) is 4.07. The van der Waals surface area contributed by atoms with Crippen LogP contribution in [0.15, 0.2) is 46.9 Å². The van der Waals surface area contributed by atoms with Crippen molar-refractivity contribution in [1.29, 1.82) is 0 Å². The second-order valence-corrected chi connectivity index (χ2v) is 5.79. The van der Waals surface area contributed by atoms with Gasteiger partial charge in [-0.25, -0.2) is 0 Å². The van der Waals surface area contributed by atoms with Crippen LogP contribution < -0.4 is 0 Å². The second-order valence-electron chi connectivity index (χ2n) is 5.05. The molecular weight excluding hydrogens is 343 g/mol. The summed E-state index contributed by atoms with van der Waals surface area (Å²) in [7, 11) is 0. The van der Waals surface area contributed by atoms with E-state index in [0.29, 0.717) is 21.3 Å². The van der Waals surface area contributed by atoms with Crippen LogP contribution in [0.5, 0.6) is 0 Å². The van der Waals surface area contributed by atoms with E-state index in [2.05, 4.69) is 0 Å². The normalized spacial score (nSPS) is 11.8. The third kappa shape index (κ3) is 2.94. The monoisotopic (exact) mass is 353 g/mol. The average molecular weight is 353 g/mol. The van der Waals surface area contributed by atoms with Crippen LogP contribution in [0.4, 0.5) is 13.2 Å². The summed E-state index contributed by atoms with van der Waals surface area (Å²) in [5.41, 5.74) is 1.25. The molecular formula is C16H10F3NOS2. The maximum atomic E-state index is 12.7. The largest absolute Gasteiger partial charge is 0.431 e. The molecule has 0 amide bonds. The molecule has 3 aromatic rings. The maximum absolute atomic E-state index is 12.7. The van der Waals surface area contributed by atoms with Crippen molar-refractivity contribution in [1.82, 2.24) is 4.57 Å². The molecule has 0 radical (unpaired) electrons. The first kappa shape index (κ1) is 15.9. The lowest BCUT2D eigenvalue weighted by atomic mass is 10.2. The number of alkyl halides is 3. The van der Waals surface area contributed by atoms with Crippen molar-refractivity contribution in [3.05, 3.63) is 63.1 Å². The summed E-state index contributed by atoms with van der Waals surface area (Å²) in [6.07, 6.45) is -4.39. The Bertz CT molecular complexity index is 1000. The maximum Gasteiger partial charge on any atom is 0.416 e. The molecule has 7 heteroatoms. The smallest absolute Gasteiger partial charge is 0.416 e. The van der Waals surface area contributed by atoms with Gasteiger partial charge in [0.05, 0.1) is 16.6 Å². The number of hydrogen-bond acceptors (Lipinski definition) is 3. The Morgan fingerprint density at radius 3 is 2.26 bits per heavy atom. The Hall–Kier alpha value is -1.99. The number of rotatable bonds is 1. The van der Waals surface area contributed by atoms with Crippen molar-refractivity contribution in [2.45, 2.75) is 13.1 Å². The molecule has 0 bridgehead atoms. The van der Waals surface area contributed by atoms with Gasteiger partial charge >= 0.3 is 6.18 Å². The Morgan fingerprint density at radius 2 is 1.65 bits per heavy atom. The molecule has 118 valence electrons. The van der Waals surface area contributed by atoms with Crippen LogP contribution in [0.25, 0.3) is 16.7 Å². The molecule has 2 nitrogen and oxygen atoms in total. The lowest BCUT2D eigenvalue weighted by Gasteiger charge is -2.11. The molecule has 0 fully saturated rings. The average Bonchev–Trinajstić information content (AvgIpc) is 2.48. The molecule has 2 aromatic carbocycles. The molecule has 1 aromatic heterocycles. The molecule has 3 rings (SSSR count). The van der Waals surface area contributed by atoms with Crippen molar-refractivity contribution in [3.63, 3.8) is 0 Å². The highest BCUT2D eigenvalue weighted by Gasteiger charge is 2.30. The zero-order valence-corrected chi connectivity index (χ0v) is 13.5. The van der Waals surface area contributed by atoms with E-state index in [4.69, 9.17) is 28.9 Å². The van der Waals surface area contributed by atoms with Crippen LogP contribution in [0.2, 0.25) is 0 Å². The van der Waals surface area contributed by atoms with Gasteiger partial charge in [0.1, 0.15) is 10.2 Å². The van der Waals surface area contributed by atoms with Crippen molar-refractivity contribution >= 4 is 35.4 Å². The van der Waals surface area contributed by atoms with Crippen LogP contribution in [-0.4, -0.2) is 4.57 Å². The van der Waals surface area contributed by atoms with Gasteiger partial charge in [-0.15, -0.1) is 0 Å². The van der Waals surface area contributed by atoms with Crippen LogP contribution in [0, 0.1) is 16.4 Å². The van der Waals surface area contributed by atoms with Crippen molar-refractivity contribution in [2.24, 2.45) is 0 Å². The van der Waals surface area contributed by atoms with Gasteiger partial charge in [0.2, 0.25) is 0 Å². The number of benzene rings is 2. The van der Waals surface area contributed by atoms with Crippen LogP contribution in [0.3, 0.4) is 0 Å². The van der Waals surface area contributed by atoms with E-state index in [1.54, 1.807) is 6.07 Å². The molecule has 0 unspecified atom stereocenters. The van der Waals surface area contributed by atoms with E-state index < -0.39 is 11.7 Å². The van der Waals surface area contributed by atoms with Gasteiger partial charge in [-0.05, 0) is 55.5 Å². The van der Waals surface area contributed by atoms with Crippen molar-refractivity contribution in [3.8, 4) is 5.69 Å². The van der Waals surface area contributed by atoms with Gasteiger partial charge in [-0.2, -0.15) is 13.2 Å². The quantitative estimate of drug-likeness (QED) is 0.499. The Labute approximate surface area is 139 Å². The zero-order chi connectivity index (χ0) is 16.8. The standard InChI is InChI=1S/C16H10F3NOS2/c1-9-2-7-13-12(8-9)14(22)20(15(23)21-13)11-5-3-10(4-6-11)16(17,18)19/h2-8H,1H3. The SMILES string of the molecule is Cc1ccc2oc(=S)n(-c3ccc(C(F)(F)F)cc3)c(=S)c2c1. The van der Waals surface area contributed by atoms with Gasteiger partial charge in [0.15, 0.2) is 0 Å². The summed E-state index contributed by atoms with van der Waals surface area (Å²) >= 11 is 10.6. The topological polar surface area (TPSA) is 18.1 Å². The molecule has 0 aliphatic heterocycles. The highest BCUT2D eigenvalue weighted by molar-refractivity contribution is 7.72. The number of hydrogen-bond donors (Lipinski definition) is 0. The molecule has 0 aliphatic carbocycles. The first-order valence-electron chi connectivity index (χ1n) is 6.61. The Kier molecular flexibility index (Phi) is 3.85. The summed E-state index contributed by atoms with van der Waals surface area (Å²) in [4.78, 5) is 0.0890. The van der Waals surface area contributed by atoms with E-state index in [-0.39, 0.29) is 4.84 Å². The third-order valence-electron chi connectivity index (χ3n) is 3.40. The second kappa shape index (κ2) is 5.58. The highest BCUT2D eigenvalue weighted by Crippen LogP contribution is 2.30. The molecule has 0 atom stereocenters. The summed E-state index contributed by atoms with van der Waals surface area (Å²) < 4.78 is 45.4. The minimum Gasteiger partial charge on any atom is -0.431 e. The number of aryl methyl sites for hydroxylation is 1. The fraction of sp³-hybridized carbons (Fsp3) is 0.125. The van der Waals surface area contributed by atoms with E-state index in [1.165, 1.54) is 16.7 Å². The molecule has 1 heterocycles. The summed E-state index contributed by atoms with van der Waals surface area (Å²) in [5, 5.41) is 0.688. The van der Waals surface area contributed by atoms with E-state index >= 15 is 0 Å². The zero-order valence-electron chi connectivity index (χ0n) is 11.8. The number of fused-ring (bicyclic) bond motifs is 1. The van der Waals surface area contributed by atoms with Crippen LogP contribution in [-0.2, 0) is 6.18 Å². The van der Waals surface area contributed by atoms with Crippen molar-refractivity contribution in [2.75, 3.05) is 0 Å². The van der Waals surface area contributed by atoms with E-state index in [0.717, 1.165) is 17.7 Å². The molecule has 0 saturated carbocycles. The lowest BCUT2D eigenvalue weighted by molar-refractivity contribution is -0.137. The van der Waals surface area contributed by atoms with Crippen LogP contribution in [0.1, 0.15) is 11.1 Å². The van der Waals surface area contributed by atoms with E-state index in [9.17, 15) is 13.2 Å². The number of aromatic nitrogens is 1. The fourth-order valence-electron chi connectivity index (χ4n) is 2.27.